The number of carbonyl (C=O) groups is 2. The van der Waals surface area contributed by atoms with Crippen molar-refractivity contribution in [2.75, 3.05) is 13.2 Å². The highest BCUT2D eigenvalue weighted by molar-refractivity contribution is 6.29. The fourth-order valence-corrected chi connectivity index (χ4v) is 5.89. The lowest BCUT2D eigenvalue weighted by Crippen LogP contribution is -2.17. The summed E-state index contributed by atoms with van der Waals surface area (Å²) in [4.78, 5) is 32.0. The summed E-state index contributed by atoms with van der Waals surface area (Å²) in [6.07, 6.45) is 15.9. The highest BCUT2D eigenvalue weighted by Gasteiger charge is 2.43. The summed E-state index contributed by atoms with van der Waals surface area (Å²) in [5.41, 5.74) is 4.72. The molecule has 1 aromatic heterocycles. The van der Waals surface area contributed by atoms with Crippen LogP contribution in [0.2, 0.25) is 0 Å². The summed E-state index contributed by atoms with van der Waals surface area (Å²) >= 11 is 0. The Balaban J connectivity index is 1.52. The van der Waals surface area contributed by atoms with E-state index in [-0.39, 0.29) is 11.6 Å². The van der Waals surface area contributed by atoms with Gasteiger partial charge in [-0.1, -0.05) is 63.5 Å². The number of ether oxygens (including phenoxy) is 2. The Morgan fingerprint density at radius 2 is 1.87 bits per heavy atom. The van der Waals surface area contributed by atoms with E-state index in [0.717, 1.165) is 47.9 Å². The zero-order valence-corrected chi connectivity index (χ0v) is 23.4. The zero-order chi connectivity index (χ0) is 27.4. The smallest absolute Gasteiger partial charge is 0.180 e. The molecule has 1 heterocycles. The lowest BCUT2D eigenvalue weighted by Gasteiger charge is -2.19. The van der Waals surface area contributed by atoms with Gasteiger partial charge in [0.05, 0.1) is 24.7 Å². The number of carbonyl (C=O) groups excluding carboxylic acids is 2. The zero-order valence-electron chi connectivity index (χ0n) is 23.4. The van der Waals surface area contributed by atoms with E-state index in [9.17, 15) is 9.59 Å². The number of rotatable bonds is 11. The number of hydrogen-bond acceptors (Lipinski definition) is 5. The first-order valence-electron chi connectivity index (χ1n) is 14.6. The van der Waals surface area contributed by atoms with Crippen LogP contribution in [0.15, 0.2) is 65.5 Å². The number of Topliss-reactive ketones (excluding diaryl/α,β-unsaturated/α-hetero) is 2. The summed E-state index contributed by atoms with van der Waals surface area (Å²) in [5, 5.41) is 0.994. The second-order valence-corrected chi connectivity index (χ2v) is 10.7. The third-order valence-electron chi connectivity index (χ3n) is 8.18. The highest BCUT2D eigenvalue weighted by Crippen LogP contribution is 2.41. The van der Waals surface area contributed by atoms with Crippen molar-refractivity contribution >= 4 is 28.0 Å². The molecule has 0 aliphatic heterocycles. The quantitative estimate of drug-likeness (QED) is 0.280. The minimum atomic E-state index is -0.905. The third-order valence-corrected chi connectivity index (χ3v) is 8.18. The normalized spacial score (nSPS) is 19.7. The van der Waals surface area contributed by atoms with E-state index in [0.29, 0.717) is 54.6 Å². The lowest BCUT2D eigenvalue weighted by atomic mass is 9.92. The first kappa shape index (κ1) is 27.1. The largest absolute Gasteiger partial charge is 0.498 e. The maximum absolute atomic E-state index is 13.5. The lowest BCUT2D eigenvalue weighted by molar-refractivity contribution is -0.123. The molecule has 5 nitrogen and oxygen atoms in total. The molecule has 0 radical (unpaired) electrons. The second-order valence-electron chi connectivity index (χ2n) is 10.7. The van der Waals surface area contributed by atoms with Crippen molar-refractivity contribution in [3.63, 3.8) is 0 Å². The average Bonchev–Trinajstić information content (AvgIpc) is 3.22. The molecule has 3 aliphatic rings. The molecule has 2 aromatic rings. The van der Waals surface area contributed by atoms with E-state index in [1.807, 2.05) is 25.1 Å². The molecule has 3 aliphatic carbocycles. The van der Waals surface area contributed by atoms with E-state index in [4.69, 9.17) is 14.5 Å². The minimum Gasteiger partial charge on any atom is -0.498 e. The van der Waals surface area contributed by atoms with E-state index < -0.39 is 5.92 Å². The Bertz CT molecular complexity index is 1390. The van der Waals surface area contributed by atoms with Gasteiger partial charge < -0.3 is 9.47 Å². The molecule has 0 amide bonds. The van der Waals surface area contributed by atoms with Crippen molar-refractivity contribution in [1.29, 1.82) is 0 Å². The van der Waals surface area contributed by atoms with Crippen LogP contribution in [-0.4, -0.2) is 29.8 Å². The van der Waals surface area contributed by atoms with Crippen molar-refractivity contribution in [2.24, 2.45) is 5.92 Å². The maximum Gasteiger partial charge on any atom is 0.180 e. The van der Waals surface area contributed by atoms with Crippen molar-refractivity contribution in [3.05, 3.63) is 76.7 Å². The van der Waals surface area contributed by atoms with Crippen LogP contribution in [0.1, 0.15) is 89.3 Å². The van der Waals surface area contributed by atoms with Crippen molar-refractivity contribution < 1.29 is 19.1 Å². The second kappa shape index (κ2) is 12.1. The number of fused-ring (bicyclic) bond motifs is 1. The van der Waals surface area contributed by atoms with Gasteiger partial charge in [0.15, 0.2) is 11.6 Å². The molecule has 2 atom stereocenters. The van der Waals surface area contributed by atoms with Crippen molar-refractivity contribution in [2.45, 2.75) is 78.1 Å². The summed E-state index contributed by atoms with van der Waals surface area (Å²) in [6.45, 7) is 7.52. The van der Waals surface area contributed by atoms with Gasteiger partial charge in [-0.25, -0.2) is 4.98 Å². The predicted octanol–water partition coefficient (Wildman–Crippen LogP) is 7.81. The molecular formula is C34H39NO4. The molecule has 0 spiro atoms. The molecule has 5 rings (SSSR count). The van der Waals surface area contributed by atoms with Gasteiger partial charge in [0.1, 0.15) is 17.2 Å². The standard InChI is InChI=1S/C34H39NO4/c1-4-7-11-22(5-2)21-39-30-19-17-25(23-12-9-8-10-13-23)26-16-18-29(35-32(26)30)31-33(36)27-15-14-24(38-6-3)20-28(27)34(31)37/h8-9,12,16-20,22,31H,4-7,10-11,13-15,21H2,1-3H3. The molecule has 5 heteroatoms. The van der Waals surface area contributed by atoms with Crippen LogP contribution in [0.5, 0.6) is 5.75 Å². The SMILES string of the molecule is CCCCC(CC)COc1ccc(C2=CC=CCC2)c2ccc(C3C(=O)C4=C(CCC(OCC)=C4)C3=O)nc12. The maximum atomic E-state index is 13.5. The Labute approximate surface area is 231 Å². The molecule has 0 N–H and O–H groups in total. The van der Waals surface area contributed by atoms with Crippen LogP contribution in [0, 0.1) is 5.92 Å². The Hall–Kier alpha value is -3.47. The van der Waals surface area contributed by atoms with Gasteiger partial charge in [0.2, 0.25) is 0 Å². The number of ketones is 2. The van der Waals surface area contributed by atoms with Gasteiger partial charge in [-0.3, -0.25) is 9.59 Å². The van der Waals surface area contributed by atoms with Gasteiger partial charge in [0.25, 0.3) is 0 Å². The van der Waals surface area contributed by atoms with Gasteiger partial charge >= 0.3 is 0 Å². The molecule has 204 valence electrons. The number of unbranched alkanes of at least 4 members (excludes halogenated alkanes) is 1. The van der Waals surface area contributed by atoms with Gasteiger partial charge in [-0.15, -0.1) is 0 Å². The molecular weight excluding hydrogens is 486 g/mol. The Morgan fingerprint density at radius 3 is 2.62 bits per heavy atom. The van der Waals surface area contributed by atoms with Crippen LogP contribution in [0.4, 0.5) is 0 Å². The van der Waals surface area contributed by atoms with E-state index >= 15 is 0 Å². The summed E-state index contributed by atoms with van der Waals surface area (Å²) in [6, 6.07) is 8.02. The molecule has 2 unspecified atom stereocenters. The molecule has 39 heavy (non-hydrogen) atoms. The summed E-state index contributed by atoms with van der Waals surface area (Å²) in [7, 11) is 0. The van der Waals surface area contributed by atoms with E-state index in [2.05, 4.69) is 38.1 Å². The number of benzene rings is 1. The van der Waals surface area contributed by atoms with Gasteiger partial charge in [0, 0.05) is 23.0 Å². The minimum absolute atomic E-state index is 0.127. The van der Waals surface area contributed by atoms with Crippen LogP contribution in [0.3, 0.4) is 0 Å². The molecule has 1 aromatic carbocycles. The van der Waals surface area contributed by atoms with Crippen molar-refractivity contribution in [1.82, 2.24) is 4.98 Å². The van der Waals surface area contributed by atoms with Crippen LogP contribution in [-0.2, 0) is 14.3 Å². The van der Waals surface area contributed by atoms with E-state index in [1.54, 1.807) is 6.08 Å². The Kier molecular flexibility index (Phi) is 8.44. The van der Waals surface area contributed by atoms with Gasteiger partial charge in [-0.2, -0.15) is 0 Å². The first-order valence-corrected chi connectivity index (χ1v) is 14.6. The highest BCUT2D eigenvalue weighted by atomic mass is 16.5. The van der Waals surface area contributed by atoms with E-state index in [1.165, 1.54) is 18.4 Å². The number of aromatic nitrogens is 1. The number of allylic oxidation sites excluding steroid dienone is 8. The monoisotopic (exact) mass is 525 g/mol. The Morgan fingerprint density at radius 1 is 1.00 bits per heavy atom. The topological polar surface area (TPSA) is 65.5 Å². The third kappa shape index (κ3) is 5.50. The van der Waals surface area contributed by atoms with Crippen molar-refractivity contribution in [3.8, 4) is 5.75 Å². The molecule has 0 bridgehead atoms. The summed E-state index contributed by atoms with van der Waals surface area (Å²) in [5.74, 6) is 0.758. The predicted molar refractivity (Wildman–Crippen MR) is 156 cm³/mol. The average molecular weight is 526 g/mol. The number of pyridine rings is 1. The molecule has 0 fully saturated rings. The number of nitrogens with zero attached hydrogens (tertiary/aromatic N) is 1. The first-order chi connectivity index (χ1) is 19.0. The van der Waals surface area contributed by atoms with Crippen LogP contribution < -0.4 is 4.74 Å². The fourth-order valence-electron chi connectivity index (χ4n) is 5.89. The number of hydrogen-bond donors (Lipinski definition) is 0. The molecule has 0 saturated heterocycles. The van der Waals surface area contributed by atoms with Crippen LogP contribution in [0.25, 0.3) is 16.5 Å². The molecule has 0 saturated carbocycles. The summed E-state index contributed by atoms with van der Waals surface area (Å²) < 4.78 is 12.1. The van der Waals surface area contributed by atoms with Gasteiger partial charge in [-0.05, 0) is 67.9 Å². The fraction of sp³-hybridized carbons (Fsp3) is 0.441. The van der Waals surface area contributed by atoms with Crippen LogP contribution >= 0.6 is 0 Å².